The molecule has 0 aliphatic heterocycles. The van der Waals surface area contributed by atoms with E-state index in [4.69, 9.17) is 20.1 Å². The second-order valence-corrected chi connectivity index (χ2v) is 3.48. The number of carbonyl (C=O) groups is 1. The van der Waals surface area contributed by atoms with Crippen molar-refractivity contribution in [1.29, 1.82) is 0 Å². The highest BCUT2D eigenvalue weighted by Gasteiger charge is 2.15. The summed E-state index contributed by atoms with van der Waals surface area (Å²) in [7, 11) is 0. The molecule has 1 heterocycles. The standard InChI is InChI=1S/C10H16N2O4/c1-2-3-4-15-9-6-7(16-12-9)5-8(11)10(13)14/h6,8H,2-5,11H2,1H3,(H,13,14)/t8-/m1/s1. The predicted octanol–water partition coefficient (Wildman–Crippen LogP) is 0.808. The Bertz CT molecular complexity index is 337. The first-order valence-electron chi connectivity index (χ1n) is 5.20. The highest BCUT2D eigenvalue weighted by molar-refractivity contribution is 5.73. The number of hydrogen-bond donors (Lipinski definition) is 2. The van der Waals surface area contributed by atoms with Crippen molar-refractivity contribution in [2.45, 2.75) is 32.2 Å². The first-order chi connectivity index (χ1) is 7.63. The minimum absolute atomic E-state index is 0.111. The second-order valence-electron chi connectivity index (χ2n) is 3.48. The van der Waals surface area contributed by atoms with Crippen molar-refractivity contribution in [1.82, 2.24) is 5.16 Å². The van der Waals surface area contributed by atoms with Crippen LogP contribution in [0.25, 0.3) is 0 Å². The molecule has 16 heavy (non-hydrogen) atoms. The largest absolute Gasteiger partial charge is 0.480 e. The predicted molar refractivity (Wildman–Crippen MR) is 56.2 cm³/mol. The molecule has 1 aromatic heterocycles. The van der Waals surface area contributed by atoms with Crippen LogP contribution in [0.1, 0.15) is 25.5 Å². The summed E-state index contributed by atoms with van der Waals surface area (Å²) < 4.78 is 10.2. The molecule has 6 heteroatoms. The first-order valence-corrected chi connectivity index (χ1v) is 5.20. The molecule has 6 nitrogen and oxygen atoms in total. The zero-order valence-electron chi connectivity index (χ0n) is 9.18. The monoisotopic (exact) mass is 228 g/mol. The molecule has 0 fully saturated rings. The van der Waals surface area contributed by atoms with Crippen molar-refractivity contribution in [3.63, 3.8) is 0 Å². The maximum absolute atomic E-state index is 10.5. The Kier molecular flexibility index (Phi) is 4.78. The van der Waals surface area contributed by atoms with Gasteiger partial charge in [-0.25, -0.2) is 0 Å². The van der Waals surface area contributed by atoms with Crippen molar-refractivity contribution >= 4 is 5.97 Å². The molecule has 0 spiro atoms. The maximum Gasteiger partial charge on any atom is 0.320 e. The van der Waals surface area contributed by atoms with Crippen LogP contribution in [0, 0.1) is 0 Å². The molecule has 1 rings (SSSR count). The van der Waals surface area contributed by atoms with Crippen LogP contribution in [0.2, 0.25) is 0 Å². The van der Waals surface area contributed by atoms with E-state index in [1.807, 2.05) is 0 Å². The Balaban J connectivity index is 2.42. The lowest BCUT2D eigenvalue weighted by atomic mass is 10.2. The minimum atomic E-state index is -1.06. The highest BCUT2D eigenvalue weighted by Crippen LogP contribution is 2.13. The molecule has 0 radical (unpaired) electrons. The maximum atomic E-state index is 10.5. The summed E-state index contributed by atoms with van der Waals surface area (Å²) in [6.45, 7) is 2.64. The molecule has 0 saturated carbocycles. The topological polar surface area (TPSA) is 98.6 Å². The van der Waals surface area contributed by atoms with Gasteiger partial charge in [-0.3, -0.25) is 4.79 Å². The lowest BCUT2D eigenvalue weighted by Crippen LogP contribution is -2.32. The van der Waals surface area contributed by atoms with E-state index < -0.39 is 12.0 Å². The van der Waals surface area contributed by atoms with Crippen LogP contribution in [-0.4, -0.2) is 28.9 Å². The van der Waals surface area contributed by atoms with Gasteiger partial charge in [0.15, 0.2) is 0 Å². The number of nitrogens with zero attached hydrogens (tertiary/aromatic N) is 1. The summed E-state index contributed by atoms with van der Waals surface area (Å²) in [6, 6.07) is 0.592. The van der Waals surface area contributed by atoms with Gasteiger partial charge in [-0.05, 0) is 11.6 Å². The highest BCUT2D eigenvalue weighted by atomic mass is 16.5. The van der Waals surface area contributed by atoms with Gasteiger partial charge in [0.05, 0.1) is 6.61 Å². The molecule has 3 N–H and O–H groups in total. The molecule has 0 aliphatic rings. The first kappa shape index (κ1) is 12.5. The van der Waals surface area contributed by atoms with Crippen LogP contribution in [-0.2, 0) is 11.2 Å². The number of aliphatic carboxylic acids is 1. The number of carboxylic acids is 1. The Morgan fingerprint density at radius 2 is 2.50 bits per heavy atom. The van der Waals surface area contributed by atoms with E-state index in [0.29, 0.717) is 18.2 Å². The van der Waals surface area contributed by atoms with Gasteiger partial charge in [-0.1, -0.05) is 13.3 Å². The number of hydrogen-bond acceptors (Lipinski definition) is 5. The van der Waals surface area contributed by atoms with Crippen molar-refractivity contribution in [3.05, 3.63) is 11.8 Å². The zero-order valence-corrected chi connectivity index (χ0v) is 9.18. The fraction of sp³-hybridized carbons (Fsp3) is 0.600. The van der Waals surface area contributed by atoms with Crippen molar-refractivity contribution < 1.29 is 19.2 Å². The van der Waals surface area contributed by atoms with Crippen LogP contribution < -0.4 is 10.5 Å². The normalized spacial score (nSPS) is 12.4. The van der Waals surface area contributed by atoms with Crippen molar-refractivity contribution in [3.8, 4) is 5.88 Å². The number of rotatable bonds is 7. The van der Waals surface area contributed by atoms with E-state index in [1.165, 1.54) is 0 Å². The summed E-state index contributed by atoms with van der Waals surface area (Å²) in [4.78, 5) is 10.5. The fourth-order valence-electron chi connectivity index (χ4n) is 1.08. The van der Waals surface area contributed by atoms with Gasteiger partial charge in [0.25, 0.3) is 5.88 Å². The van der Waals surface area contributed by atoms with Crippen LogP contribution in [0.3, 0.4) is 0 Å². The third-order valence-electron chi connectivity index (χ3n) is 2.02. The number of aromatic nitrogens is 1. The zero-order chi connectivity index (χ0) is 12.0. The third-order valence-corrected chi connectivity index (χ3v) is 2.02. The van der Waals surface area contributed by atoms with Crippen LogP contribution in [0.4, 0.5) is 0 Å². The molecule has 1 aromatic rings. The van der Waals surface area contributed by atoms with E-state index in [-0.39, 0.29) is 6.42 Å². The second kappa shape index (κ2) is 6.12. The Hall–Kier alpha value is -1.56. The third kappa shape index (κ3) is 3.90. The molecule has 0 amide bonds. The Morgan fingerprint density at radius 1 is 1.75 bits per heavy atom. The van der Waals surface area contributed by atoms with Gasteiger partial charge < -0.3 is 20.1 Å². The molecular weight excluding hydrogens is 212 g/mol. The summed E-state index contributed by atoms with van der Waals surface area (Å²) in [6.07, 6.45) is 2.09. The van der Waals surface area contributed by atoms with Gasteiger partial charge in [-0.2, -0.15) is 0 Å². The number of carboxylic acid groups (broad SMARTS) is 1. The average molecular weight is 228 g/mol. The van der Waals surface area contributed by atoms with E-state index in [0.717, 1.165) is 12.8 Å². The van der Waals surface area contributed by atoms with Gasteiger partial charge in [0.2, 0.25) is 0 Å². The molecule has 0 unspecified atom stereocenters. The van der Waals surface area contributed by atoms with Gasteiger partial charge in [0.1, 0.15) is 11.8 Å². The quantitative estimate of drug-likeness (QED) is 0.670. The molecular formula is C10H16N2O4. The van der Waals surface area contributed by atoms with E-state index in [2.05, 4.69) is 12.1 Å². The Labute approximate surface area is 93.4 Å². The van der Waals surface area contributed by atoms with Gasteiger partial charge >= 0.3 is 5.97 Å². The molecule has 0 aliphatic carbocycles. The average Bonchev–Trinajstić information content (AvgIpc) is 2.66. The summed E-state index contributed by atoms with van der Waals surface area (Å²) in [5.41, 5.74) is 5.35. The van der Waals surface area contributed by atoms with Gasteiger partial charge in [0, 0.05) is 12.5 Å². The van der Waals surface area contributed by atoms with Crippen LogP contribution >= 0.6 is 0 Å². The summed E-state index contributed by atoms with van der Waals surface area (Å²) >= 11 is 0. The number of unbranched alkanes of at least 4 members (excludes halogenated alkanes) is 1. The molecule has 0 aromatic carbocycles. The van der Waals surface area contributed by atoms with E-state index in [1.54, 1.807) is 6.07 Å². The molecule has 0 saturated heterocycles. The van der Waals surface area contributed by atoms with Gasteiger partial charge in [-0.15, -0.1) is 0 Å². The van der Waals surface area contributed by atoms with Crippen molar-refractivity contribution in [2.24, 2.45) is 5.73 Å². The molecule has 1 atom stereocenters. The smallest absolute Gasteiger partial charge is 0.320 e. The lowest BCUT2D eigenvalue weighted by molar-refractivity contribution is -0.138. The van der Waals surface area contributed by atoms with E-state index >= 15 is 0 Å². The molecule has 0 bridgehead atoms. The van der Waals surface area contributed by atoms with Crippen LogP contribution in [0.15, 0.2) is 10.6 Å². The molecule has 90 valence electrons. The number of nitrogens with two attached hydrogens (primary N) is 1. The van der Waals surface area contributed by atoms with Crippen LogP contribution in [0.5, 0.6) is 5.88 Å². The van der Waals surface area contributed by atoms with Crippen molar-refractivity contribution in [2.75, 3.05) is 6.61 Å². The van der Waals surface area contributed by atoms with E-state index in [9.17, 15) is 4.79 Å². The minimum Gasteiger partial charge on any atom is -0.480 e. The summed E-state index contributed by atoms with van der Waals surface area (Å²) in [5, 5.41) is 12.3. The Morgan fingerprint density at radius 3 is 3.12 bits per heavy atom. The fourth-order valence-corrected chi connectivity index (χ4v) is 1.08. The summed E-state index contributed by atoms with van der Waals surface area (Å²) in [5.74, 6) is -0.271. The number of ether oxygens (including phenoxy) is 1. The lowest BCUT2D eigenvalue weighted by Gasteiger charge is -2.01. The SMILES string of the molecule is CCCCOc1cc(C[C@@H](N)C(=O)O)on1.